The minimum Gasteiger partial charge on any atom is -0.469 e. The molecule has 0 spiro atoms. The molecule has 0 radical (unpaired) electrons. The van der Waals surface area contributed by atoms with Gasteiger partial charge in [-0.1, -0.05) is 0 Å². The standard InChI is InChI=1S/C16H21F9N2O6/c1-27(2,12(30)31)6-5-26-9(8-10(28)32-3)11(29)33-7-4-13(17,18)14(19,20)15(21,22)16(23,24)25/h9,26H,4-8H2,1-3H3/p+1. The summed E-state index contributed by atoms with van der Waals surface area (Å²) in [5.41, 5.74) is 0. The second-order valence-electron chi connectivity index (χ2n) is 7.25. The van der Waals surface area contributed by atoms with E-state index in [4.69, 9.17) is 5.11 Å². The van der Waals surface area contributed by atoms with Gasteiger partial charge < -0.3 is 14.6 Å². The fourth-order valence-electron chi connectivity index (χ4n) is 2.05. The van der Waals surface area contributed by atoms with Gasteiger partial charge in [-0.25, -0.2) is 4.48 Å². The molecule has 0 aromatic rings. The van der Waals surface area contributed by atoms with E-state index in [-0.39, 0.29) is 13.1 Å². The Morgan fingerprint density at radius 2 is 1.48 bits per heavy atom. The minimum atomic E-state index is -7.07. The van der Waals surface area contributed by atoms with Gasteiger partial charge in [0.2, 0.25) is 0 Å². The number of likely N-dealkylation sites (N-methyl/N-ethyl adjacent to an activating group) is 1. The van der Waals surface area contributed by atoms with Crippen LogP contribution in [0.25, 0.3) is 0 Å². The fourth-order valence-corrected chi connectivity index (χ4v) is 2.05. The number of rotatable bonds is 12. The van der Waals surface area contributed by atoms with Gasteiger partial charge in [-0.2, -0.15) is 44.3 Å². The van der Waals surface area contributed by atoms with Crippen LogP contribution in [0.1, 0.15) is 12.8 Å². The number of carbonyl (C=O) groups excluding carboxylic acids is 2. The lowest BCUT2D eigenvalue weighted by Gasteiger charge is -2.33. The average molecular weight is 509 g/mol. The molecular weight excluding hydrogens is 487 g/mol. The van der Waals surface area contributed by atoms with E-state index in [0.29, 0.717) is 0 Å². The molecule has 1 atom stereocenters. The Kier molecular flexibility index (Phi) is 10.0. The van der Waals surface area contributed by atoms with E-state index in [1.807, 2.05) is 0 Å². The topological polar surface area (TPSA) is 102 Å². The summed E-state index contributed by atoms with van der Waals surface area (Å²) >= 11 is 0. The van der Waals surface area contributed by atoms with Gasteiger partial charge in [-0.05, 0) is 0 Å². The zero-order chi connectivity index (χ0) is 26.5. The van der Waals surface area contributed by atoms with Crippen molar-refractivity contribution in [1.29, 1.82) is 0 Å². The first kappa shape index (κ1) is 30.7. The molecule has 8 nitrogen and oxygen atoms in total. The molecule has 0 aromatic heterocycles. The van der Waals surface area contributed by atoms with E-state index >= 15 is 0 Å². The van der Waals surface area contributed by atoms with Crippen LogP contribution in [0, 0.1) is 0 Å². The van der Waals surface area contributed by atoms with Gasteiger partial charge in [0.25, 0.3) is 0 Å². The Morgan fingerprint density at radius 3 is 1.91 bits per heavy atom. The third kappa shape index (κ3) is 7.62. The van der Waals surface area contributed by atoms with Crippen molar-refractivity contribution in [3.8, 4) is 0 Å². The number of esters is 2. The van der Waals surface area contributed by atoms with Gasteiger partial charge in [-0.15, -0.1) is 0 Å². The Labute approximate surface area is 181 Å². The molecule has 0 bridgehead atoms. The number of nitrogens with one attached hydrogen (secondary N) is 1. The number of alkyl halides is 9. The van der Waals surface area contributed by atoms with Crippen LogP contribution >= 0.6 is 0 Å². The van der Waals surface area contributed by atoms with Crippen molar-refractivity contribution >= 4 is 18.0 Å². The molecule has 0 aliphatic carbocycles. The zero-order valence-electron chi connectivity index (χ0n) is 17.5. The molecule has 0 saturated carbocycles. The predicted octanol–water partition coefficient (Wildman–Crippen LogP) is 2.66. The molecule has 0 fully saturated rings. The summed E-state index contributed by atoms with van der Waals surface area (Å²) in [6, 6.07) is -1.66. The van der Waals surface area contributed by atoms with Gasteiger partial charge in [0.05, 0.1) is 40.7 Å². The molecule has 0 aliphatic heterocycles. The van der Waals surface area contributed by atoms with Crippen LogP contribution < -0.4 is 5.32 Å². The van der Waals surface area contributed by atoms with Crippen molar-refractivity contribution in [2.45, 2.75) is 42.8 Å². The summed E-state index contributed by atoms with van der Waals surface area (Å²) in [6.07, 6.45) is -11.4. The number of amides is 1. The summed E-state index contributed by atoms with van der Waals surface area (Å²) in [7, 11) is 3.44. The van der Waals surface area contributed by atoms with Crippen LogP contribution in [0.3, 0.4) is 0 Å². The number of carbonyl (C=O) groups is 3. The lowest BCUT2D eigenvalue weighted by molar-refractivity contribution is -0.815. The zero-order valence-corrected chi connectivity index (χ0v) is 17.5. The van der Waals surface area contributed by atoms with Crippen molar-refractivity contribution < 1.29 is 73.0 Å². The molecule has 1 unspecified atom stereocenters. The predicted molar refractivity (Wildman–Crippen MR) is 89.9 cm³/mol. The summed E-state index contributed by atoms with van der Waals surface area (Å²) in [4.78, 5) is 34.4. The Morgan fingerprint density at radius 1 is 0.970 bits per heavy atom. The summed E-state index contributed by atoms with van der Waals surface area (Å²) in [5.74, 6) is -22.4. The fraction of sp³-hybridized carbons (Fsp3) is 0.812. The number of hydrogen-bond acceptors (Lipinski definition) is 6. The van der Waals surface area contributed by atoms with E-state index in [0.717, 1.165) is 7.11 Å². The van der Waals surface area contributed by atoms with E-state index in [1.54, 1.807) is 0 Å². The molecule has 194 valence electrons. The van der Waals surface area contributed by atoms with Crippen LogP contribution in [0.15, 0.2) is 0 Å². The van der Waals surface area contributed by atoms with Gasteiger partial charge in [0, 0.05) is 6.54 Å². The number of ether oxygens (including phenoxy) is 2. The lowest BCUT2D eigenvalue weighted by Crippen LogP contribution is -2.61. The first-order valence-corrected chi connectivity index (χ1v) is 8.87. The molecule has 0 aliphatic rings. The van der Waals surface area contributed by atoms with Gasteiger partial charge >= 0.3 is 42.0 Å². The van der Waals surface area contributed by atoms with Crippen molar-refractivity contribution in [2.75, 3.05) is 40.9 Å². The molecular formula is C16H22F9N2O6+. The minimum absolute atomic E-state index is 0.170. The van der Waals surface area contributed by atoms with Gasteiger partial charge in [0.15, 0.2) is 0 Å². The maximum absolute atomic E-state index is 13.5. The van der Waals surface area contributed by atoms with Crippen molar-refractivity contribution in [3.05, 3.63) is 0 Å². The summed E-state index contributed by atoms with van der Waals surface area (Å²) in [6.45, 7) is -2.13. The van der Waals surface area contributed by atoms with Crippen LogP contribution in [0.5, 0.6) is 0 Å². The van der Waals surface area contributed by atoms with Crippen molar-refractivity contribution in [1.82, 2.24) is 5.32 Å². The maximum atomic E-state index is 13.5. The summed E-state index contributed by atoms with van der Waals surface area (Å²) < 4.78 is 123. The normalized spacial score (nSPS) is 14.5. The third-order valence-corrected chi connectivity index (χ3v) is 4.33. The molecule has 0 heterocycles. The molecule has 0 aromatic carbocycles. The maximum Gasteiger partial charge on any atom is 0.513 e. The molecule has 0 rings (SSSR count). The number of nitrogens with zero attached hydrogens (tertiary/aromatic N) is 1. The lowest BCUT2D eigenvalue weighted by atomic mass is 10.0. The van der Waals surface area contributed by atoms with Gasteiger partial charge in [-0.3, -0.25) is 14.9 Å². The first-order chi connectivity index (χ1) is 14.6. The highest BCUT2D eigenvalue weighted by Crippen LogP contribution is 2.53. The first-order valence-electron chi connectivity index (χ1n) is 8.87. The smallest absolute Gasteiger partial charge is 0.469 e. The molecule has 1 amide bonds. The second kappa shape index (κ2) is 10.8. The number of halogens is 9. The van der Waals surface area contributed by atoms with E-state index in [1.165, 1.54) is 14.1 Å². The number of hydrogen-bond donors (Lipinski definition) is 2. The molecule has 2 N–H and O–H groups in total. The highest BCUT2D eigenvalue weighted by Gasteiger charge is 2.81. The molecule has 33 heavy (non-hydrogen) atoms. The highest BCUT2D eigenvalue weighted by molar-refractivity contribution is 5.82. The van der Waals surface area contributed by atoms with E-state index in [9.17, 15) is 53.9 Å². The largest absolute Gasteiger partial charge is 0.513 e. The second-order valence-corrected chi connectivity index (χ2v) is 7.25. The van der Waals surface area contributed by atoms with E-state index < -0.39 is 71.9 Å². The average Bonchev–Trinajstić information content (AvgIpc) is 2.65. The summed E-state index contributed by atoms with van der Waals surface area (Å²) in [5, 5.41) is 11.3. The van der Waals surface area contributed by atoms with E-state index in [2.05, 4.69) is 14.8 Å². The van der Waals surface area contributed by atoms with Crippen LogP contribution in [0.2, 0.25) is 0 Å². The molecule has 17 heteroatoms. The Hall–Kier alpha value is -2.30. The Balaban J connectivity index is 5.20. The number of methoxy groups -OCH3 is 1. The van der Waals surface area contributed by atoms with Crippen molar-refractivity contribution in [2.24, 2.45) is 0 Å². The van der Waals surface area contributed by atoms with Crippen LogP contribution in [0.4, 0.5) is 44.3 Å². The highest BCUT2D eigenvalue weighted by atomic mass is 19.4. The van der Waals surface area contributed by atoms with Crippen LogP contribution in [-0.2, 0) is 19.1 Å². The van der Waals surface area contributed by atoms with Gasteiger partial charge in [0.1, 0.15) is 12.6 Å². The number of carboxylic acid groups (broad SMARTS) is 1. The van der Waals surface area contributed by atoms with Crippen LogP contribution in [-0.4, -0.2) is 98.5 Å². The SMILES string of the molecule is COC(=O)CC(NCC[N+](C)(C)C(=O)O)C(=O)OCCC(F)(F)C(F)(F)C(F)(F)C(F)(F)F. The molecule has 0 saturated heterocycles. The Bertz CT molecular complexity index is 713. The van der Waals surface area contributed by atoms with Crippen molar-refractivity contribution in [3.63, 3.8) is 0 Å². The monoisotopic (exact) mass is 509 g/mol. The third-order valence-electron chi connectivity index (χ3n) is 4.33. The number of quaternary nitrogens is 1. The quantitative estimate of drug-likeness (QED) is 0.237.